The molecule has 2 aromatic rings. The maximum Gasteiger partial charge on any atom is 0.129 e. The van der Waals surface area contributed by atoms with Crippen LogP contribution in [0.4, 0.5) is 10.1 Å². The van der Waals surface area contributed by atoms with Gasteiger partial charge in [-0.05, 0) is 30.2 Å². The van der Waals surface area contributed by atoms with Crippen molar-refractivity contribution in [2.75, 3.05) is 5.32 Å². The maximum absolute atomic E-state index is 13.3. The molecule has 0 aliphatic rings. The Morgan fingerprint density at radius 2 is 1.90 bits per heavy atom. The summed E-state index contributed by atoms with van der Waals surface area (Å²) in [6, 6.07) is 18.4. The second-order valence-electron chi connectivity index (χ2n) is 4.85. The number of halogens is 1. The number of nitriles is 1. The topological polar surface area (TPSA) is 35.8 Å². The van der Waals surface area contributed by atoms with Crippen LogP contribution in [0.3, 0.4) is 0 Å². The highest BCUT2D eigenvalue weighted by Crippen LogP contribution is 2.23. The molecule has 0 saturated heterocycles. The summed E-state index contributed by atoms with van der Waals surface area (Å²) in [6.45, 7) is 1.96. The van der Waals surface area contributed by atoms with E-state index in [-0.39, 0.29) is 5.82 Å². The van der Waals surface area contributed by atoms with Crippen molar-refractivity contribution >= 4 is 5.69 Å². The van der Waals surface area contributed by atoms with Gasteiger partial charge in [-0.1, -0.05) is 43.3 Å². The van der Waals surface area contributed by atoms with Crippen LogP contribution in [0.1, 0.15) is 18.9 Å². The minimum Gasteiger partial charge on any atom is -0.367 e. The number of hydrogen-bond acceptors (Lipinski definition) is 2. The summed E-state index contributed by atoms with van der Waals surface area (Å²) in [4.78, 5) is 0. The first-order chi connectivity index (χ1) is 9.67. The molecule has 0 aromatic heterocycles. The molecule has 3 heteroatoms. The molecule has 0 aliphatic carbocycles. The smallest absolute Gasteiger partial charge is 0.129 e. The van der Waals surface area contributed by atoms with Crippen LogP contribution in [0.2, 0.25) is 0 Å². The maximum atomic E-state index is 13.3. The van der Waals surface area contributed by atoms with Crippen LogP contribution in [0.15, 0.2) is 54.6 Å². The van der Waals surface area contributed by atoms with E-state index < -0.39 is 5.54 Å². The lowest BCUT2D eigenvalue weighted by molar-refractivity contribution is 0.562. The lowest BCUT2D eigenvalue weighted by atomic mass is 9.89. The Labute approximate surface area is 118 Å². The molecule has 2 nitrogen and oxygen atoms in total. The molecule has 102 valence electrons. The van der Waals surface area contributed by atoms with Crippen molar-refractivity contribution in [2.24, 2.45) is 0 Å². The average Bonchev–Trinajstić information content (AvgIpc) is 2.47. The van der Waals surface area contributed by atoms with Crippen LogP contribution in [0.25, 0.3) is 0 Å². The van der Waals surface area contributed by atoms with E-state index in [1.807, 2.05) is 37.3 Å². The summed E-state index contributed by atoms with van der Waals surface area (Å²) in [5.74, 6) is -0.308. The van der Waals surface area contributed by atoms with E-state index in [2.05, 4.69) is 11.4 Å². The minimum atomic E-state index is -0.727. The van der Waals surface area contributed by atoms with E-state index in [4.69, 9.17) is 0 Å². The number of hydrogen-bond donors (Lipinski definition) is 1. The van der Waals surface area contributed by atoms with Crippen molar-refractivity contribution in [3.8, 4) is 6.07 Å². The summed E-state index contributed by atoms with van der Waals surface area (Å²) >= 11 is 0. The number of rotatable bonds is 5. The first-order valence-electron chi connectivity index (χ1n) is 6.66. The Bertz CT molecular complexity index is 604. The van der Waals surface area contributed by atoms with Crippen LogP contribution in [-0.2, 0) is 6.42 Å². The van der Waals surface area contributed by atoms with Gasteiger partial charge in [0.15, 0.2) is 0 Å². The Kier molecular flexibility index (Phi) is 4.37. The lowest BCUT2D eigenvalue weighted by Gasteiger charge is -2.28. The molecule has 20 heavy (non-hydrogen) atoms. The fourth-order valence-electron chi connectivity index (χ4n) is 2.19. The highest BCUT2D eigenvalue weighted by atomic mass is 19.1. The van der Waals surface area contributed by atoms with E-state index in [1.165, 1.54) is 12.1 Å². The van der Waals surface area contributed by atoms with Crippen LogP contribution in [0, 0.1) is 17.1 Å². The highest BCUT2D eigenvalue weighted by Gasteiger charge is 2.28. The number of nitrogens with zero attached hydrogens (tertiary/aromatic N) is 1. The van der Waals surface area contributed by atoms with Crippen LogP contribution >= 0.6 is 0 Å². The van der Waals surface area contributed by atoms with Crippen molar-refractivity contribution in [2.45, 2.75) is 25.3 Å². The standard InChI is InChI=1S/C17H17FN2/c1-2-17(13-19,12-14-7-4-3-5-8-14)20-16-10-6-9-15(18)11-16/h3-11,20H,2,12H2,1H3. The molecule has 2 aromatic carbocycles. The average molecular weight is 268 g/mol. The van der Waals surface area contributed by atoms with Gasteiger partial charge in [0.05, 0.1) is 6.07 Å². The molecule has 0 spiro atoms. The van der Waals surface area contributed by atoms with E-state index in [0.717, 1.165) is 5.56 Å². The molecule has 1 atom stereocenters. The summed E-state index contributed by atoms with van der Waals surface area (Å²) in [5.41, 5.74) is 0.985. The first kappa shape index (κ1) is 14.1. The summed E-state index contributed by atoms with van der Waals surface area (Å²) in [5, 5.41) is 12.7. The van der Waals surface area contributed by atoms with Gasteiger partial charge >= 0.3 is 0 Å². The number of benzene rings is 2. The SMILES string of the molecule is CCC(C#N)(Cc1ccccc1)Nc1cccc(F)c1. The molecule has 2 rings (SSSR count). The monoisotopic (exact) mass is 268 g/mol. The third-order valence-corrected chi connectivity index (χ3v) is 3.37. The molecular formula is C17H17FN2. The molecule has 0 amide bonds. The fraction of sp³-hybridized carbons (Fsp3) is 0.235. The second-order valence-corrected chi connectivity index (χ2v) is 4.85. The zero-order chi connectivity index (χ0) is 14.4. The predicted molar refractivity (Wildman–Crippen MR) is 78.8 cm³/mol. The van der Waals surface area contributed by atoms with Gasteiger partial charge < -0.3 is 5.32 Å². The fourth-order valence-corrected chi connectivity index (χ4v) is 2.19. The van der Waals surface area contributed by atoms with Gasteiger partial charge in [0.1, 0.15) is 11.4 Å². The van der Waals surface area contributed by atoms with Crippen molar-refractivity contribution in [3.05, 3.63) is 66.0 Å². The lowest BCUT2D eigenvalue weighted by Crippen LogP contribution is -2.38. The van der Waals surface area contributed by atoms with Crippen LogP contribution < -0.4 is 5.32 Å². The predicted octanol–water partition coefficient (Wildman–Crippen LogP) is 4.15. The highest BCUT2D eigenvalue weighted by molar-refractivity contribution is 5.48. The molecule has 1 N–H and O–H groups in total. The number of anilines is 1. The van der Waals surface area contributed by atoms with E-state index in [0.29, 0.717) is 18.5 Å². The van der Waals surface area contributed by atoms with Crippen molar-refractivity contribution in [1.82, 2.24) is 0 Å². The molecule has 0 aliphatic heterocycles. The largest absolute Gasteiger partial charge is 0.367 e. The number of nitrogens with one attached hydrogen (secondary N) is 1. The molecule has 1 unspecified atom stereocenters. The zero-order valence-corrected chi connectivity index (χ0v) is 11.4. The second kappa shape index (κ2) is 6.21. The molecule has 0 heterocycles. The van der Waals surface area contributed by atoms with Gasteiger partial charge in [-0.25, -0.2) is 4.39 Å². The normalized spacial score (nSPS) is 13.2. The van der Waals surface area contributed by atoms with Gasteiger partial charge in [-0.2, -0.15) is 5.26 Å². The molecule has 0 fully saturated rings. The molecule has 0 bridgehead atoms. The van der Waals surface area contributed by atoms with E-state index in [1.54, 1.807) is 12.1 Å². The van der Waals surface area contributed by atoms with Gasteiger partial charge in [0, 0.05) is 12.1 Å². The van der Waals surface area contributed by atoms with Crippen molar-refractivity contribution in [3.63, 3.8) is 0 Å². The van der Waals surface area contributed by atoms with Crippen molar-refractivity contribution in [1.29, 1.82) is 5.26 Å². The quantitative estimate of drug-likeness (QED) is 0.884. The Morgan fingerprint density at radius 3 is 2.50 bits per heavy atom. The Balaban J connectivity index is 2.24. The van der Waals surface area contributed by atoms with Crippen LogP contribution in [0.5, 0.6) is 0 Å². The molecular weight excluding hydrogens is 251 g/mol. The summed E-state index contributed by atoms with van der Waals surface area (Å²) in [6.07, 6.45) is 1.21. The zero-order valence-electron chi connectivity index (χ0n) is 11.4. The Hall–Kier alpha value is -2.34. The third kappa shape index (κ3) is 3.36. The van der Waals surface area contributed by atoms with Gasteiger partial charge in [-0.3, -0.25) is 0 Å². The van der Waals surface area contributed by atoms with Crippen LogP contribution in [-0.4, -0.2) is 5.54 Å². The molecule has 0 radical (unpaired) electrons. The summed E-state index contributed by atoms with van der Waals surface area (Å²) < 4.78 is 13.3. The van der Waals surface area contributed by atoms with Gasteiger partial charge in [0.2, 0.25) is 0 Å². The summed E-state index contributed by atoms with van der Waals surface area (Å²) in [7, 11) is 0. The van der Waals surface area contributed by atoms with E-state index in [9.17, 15) is 9.65 Å². The van der Waals surface area contributed by atoms with E-state index >= 15 is 0 Å². The Morgan fingerprint density at radius 1 is 1.15 bits per heavy atom. The van der Waals surface area contributed by atoms with Gasteiger partial charge in [0.25, 0.3) is 0 Å². The minimum absolute atomic E-state index is 0.308. The third-order valence-electron chi connectivity index (χ3n) is 3.37. The molecule has 0 saturated carbocycles. The van der Waals surface area contributed by atoms with Gasteiger partial charge in [-0.15, -0.1) is 0 Å². The van der Waals surface area contributed by atoms with Crippen molar-refractivity contribution < 1.29 is 4.39 Å². The first-order valence-corrected chi connectivity index (χ1v) is 6.66.